The Bertz CT molecular complexity index is 1110. The van der Waals surface area contributed by atoms with Crippen molar-refractivity contribution in [2.45, 2.75) is 38.1 Å². The van der Waals surface area contributed by atoms with Crippen LogP contribution in [0.1, 0.15) is 31.0 Å². The van der Waals surface area contributed by atoms with E-state index in [1.165, 1.54) is 17.3 Å². The number of benzene rings is 2. The van der Waals surface area contributed by atoms with Gasteiger partial charge >= 0.3 is 0 Å². The van der Waals surface area contributed by atoms with E-state index >= 15 is 0 Å². The van der Waals surface area contributed by atoms with Crippen molar-refractivity contribution in [1.82, 2.24) is 25.0 Å². The Balaban J connectivity index is 1.36. The lowest BCUT2D eigenvalue weighted by atomic mass is 10.1. The molecule has 186 valence electrons. The Morgan fingerprint density at radius 2 is 1.80 bits per heavy atom. The highest BCUT2D eigenvalue weighted by Crippen LogP contribution is 2.28. The van der Waals surface area contributed by atoms with E-state index in [9.17, 15) is 4.79 Å². The molecule has 1 aromatic heterocycles. The van der Waals surface area contributed by atoms with E-state index in [2.05, 4.69) is 57.0 Å². The monoisotopic (exact) mass is 495 g/mol. The van der Waals surface area contributed by atoms with Crippen LogP contribution in [0.25, 0.3) is 11.4 Å². The molecule has 0 spiro atoms. The van der Waals surface area contributed by atoms with E-state index in [1.54, 1.807) is 7.11 Å². The van der Waals surface area contributed by atoms with Crippen LogP contribution in [-0.4, -0.2) is 64.7 Å². The average molecular weight is 496 g/mol. The van der Waals surface area contributed by atoms with Gasteiger partial charge in [-0.3, -0.25) is 14.3 Å². The third-order valence-electron chi connectivity index (χ3n) is 5.95. The summed E-state index contributed by atoms with van der Waals surface area (Å²) in [6, 6.07) is 16.2. The lowest BCUT2D eigenvalue weighted by Gasteiger charge is -2.27. The molecule has 1 aliphatic rings. The first kappa shape index (κ1) is 25.2. The summed E-state index contributed by atoms with van der Waals surface area (Å²) in [6.45, 7) is 8.98. The number of aromatic nitrogens is 3. The summed E-state index contributed by atoms with van der Waals surface area (Å²) in [5, 5.41) is 12.6. The molecule has 1 saturated heterocycles. The number of carbonyl (C=O) groups is 1. The minimum absolute atomic E-state index is 0.0273. The summed E-state index contributed by atoms with van der Waals surface area (Å²) in [5.41, 5.74) is 3.34. The Hall–Kier alpha value is -2.88. The van der Waals surface area contributed by atoms with Gasteiger partial charge in [-0.15, -0.1) is 10.2 Å². The molecule has 3 aromatic rings. The normalized spacial score (nSPS) is 14.3. The highest BCUT2D eigenvalue weighted by molar-refractivity contribution is 7.99. The smallest absolute Gasteiger partial charge is 0.230 e. The van der Waals surface area contributed by atoms with Crippen LogP contribution in [0.2, 0.25) is 0 Å². The molecular weight excluding hydrogens is 462 g/mol. The van der Waals surface area contributed by atoms with Crippen molar-refractivity contribution in [1.29, 1.82) is 0 Å². The fraction of sp³-hybridized carbons (Fsp3) is 0.423. The molecule has 35 heavy (non-hydrogen) atoms. The zero-order valence-corrected chi connectivity index (χ0v) is 21.4. The van der Waals surface area contributed by atoms with E-state index in [-0.39, 0.29) is 17.7 Å². The molecule has 1 amide bonds. The van der Waals surface area contributed by atoms with Crippen LogP contribution in [0.5, 0.6) is 5.75 Å². The second-order valence-electron chi connectivity index (χ2n) is 8.72. The number of amides is 1. The number of nitrogens with zero attached hydrogens (tertiary/aromatic N) is 4. The zero-order chi connectivity index (χ0) is 24.6. The van der Waals surface area contributed by atoms with E-state index in [0.717, 1.165) is 60.7 Å². The Morgan fingerprint density at radius 3 is 2.49 bits per heavy atom. The minimum Gasteiger partial charge on any atom is -0.497 e. The largest absolute Gasteiger partial charge is 0.497 e. The number of nitrogens with one attached hydrogen (secondary N) is 1. The number of ether oxygens (including phenoxy) is 2. The van der Waals surface area contributed by atoms with E-state index < -0.39 is 0 Å². The van der Waals surface area contributed by atoms with Crippen molar-refractivity contribution >= 4 is 17.7 Å². The van der Waals surface area contributed by atoms with Gasteiger partial charge in [0.25, 0.3) is 0 Å². The van der Waals surface area contributed by atoms with Crippen molar-refractivity contribution in [2.75, 3.05) is 39.2 Å². The first-order chi connectivity index (χ1) is 17.0. The maximum absolute atomic E-state index is 12.7. The van der Waals surface area contributed by atoms with Gasteiger partial charge in [-0.25, -0.2) is 0 Å². The summed E-state index contributed by atoms with van der Waals surface area (Å²) in [7, 11) is 1.65. The Labute approximate surface area is 211 Å². The van der Waals surface area contributed by atoms with Gasteiger partial charge in [-0.1, -0.05) is 36.0 Å². The van der Waals surface area contributed by atoms with Crippen LogP contribution in [0.15, 0.2) is 53.7 Å². The molecular formula is C26H33N5O3S. The van der Waals surface area contributed by atoms with Crippen LogP contribution in [0, 0.1) is 0 Å². The predicted molar refractivity (Wildman–Crippen MR) is 138 cm³/mol. The van der Waals surface area contributed by atoms with Crippen molar-refractivity contribution in [2.24, 2.45) is 0 Å². The molecule has 0 saturated carbocycles. The predicted octanol–water partition coefficient (Wildman–Crippen LogP) is 3.78. The van der Waals surface area contributed by atoms with Crippen molar-refractivity contribution in [3.8, 4) is 17.1 Å². The van der Waals surface area contributed by atoms with Gasteiger partial charge in [0.15, 0.2) is 11.0 Å². The van der Waals surface area contributed by atoms with Crippen molar-refractivity contribution in [3.05, 3.63) is 59.7 Å². The average Bonchev–Trinajstić information content (AvgIpc) is 3.32. The molecule has 8 nitrogen and oxygen atoms in total. The van der Waals surface area contributed by atoms with Crippen LogP contribution >= 0.6 is 11.8 Å². The topological polar surface area (TPSA) is 81.5 Å². The number of rotatable bonds is 10. The number of methoxy groups -OCH3 is 1. The van der Waals surface area contributed by atoms with Gasteiger partial charge in [0.1, 0.15) is 5.75 Å². The standard InChI is InChI=1S/C26H33N5O3S/c1-19(2)31-25(20-8-10-23(33-3)11-9-20)28-29-26(31)35-18-24(32)27-16-21-6-4-5-7-22(21)17-30-12-14-34-15-13-30/h4-11,19H,12-18H2,1-3H3,(H,27,32). The molecule has 0 unspecified atom stereocenters. The molecule has 1 aliphatic heterocycles. The molecule has 1 N–H and O–H groups in total. The second kappa shape index (κ2) is 12.2. The van der Waals surface area contributed by atoms with Crippen molar-refractivity contribution < 1.29 is 14.3 Å². The number of thioether (sulfide) groups is 1. The second-order valence-corrected chi connectivity index (χ2v) is 9.66. The molecule has 2 heterocycles. The van der Waals surface area contributed by atoms with Gasteiger partial charge < -0.3 is 14.8 Å². The lowest BCUT2D eigenvalue weighted by Crippen LogP contribution is -2.36. The molecule has 4 rings (SSSR count). The molecule has 0 radical (unpaired) electrons. The molecule has 2 aromatic carbocycles. The molecule has 1 fully saturated rings. The Morgan fingerprint density at radius 1 is 1.09 bits per heavy atom. The van der Waals surface area contributed by atoms with Gasteiger partial charge in [0.2, 0.25) is 5.91 Å². The van der Waals surface area contributed by atoms with E-state index in [4.69, 9.17) is 9.47 Å². The lowest BCUT2D eigenvalue weighted by molar-refractivity contribution is -0.118. The SMILES string of the molecule is COc1ccc(-c2nnc(SCC(=O)NCc3ccccc3CN3CCOCC3)n2C(C)C)cc1. The van der Waals surface area contributed by atoms with Crippen LogP contribution in [-0.2, 0) is 22.6 Å². The molecule has 0 aliphatic carbocycles. The number of morpholine rings is 1. The fourth-order valence-electron chi connectivity index (χ4n) is 4.04. The summed E-state index contributed by atoms with van der Waals surface area (Å²) in [6.07, 6.45) is 0. The molecule has 9 heteroatoms. The van der Waals surface area contributed by atoms with Gasteiger partial charge in [0, 0.05) is 37.8 Å². The minimum atomic E-state index is -0.0273. The highest BCUT2D eigenvalue weighted by atomic mass is 32.2. The molecule has 0 bridgehead atoms. The quantitative estimate of drug-likeness (QED) is 0.429. The van der Waals surface area contributed by atoms with Gasteiger partial charge in [-0.2, -0.15) is 0 Å². The van der Waals surface area contributed by atoms with Gasteiger partial charge in [-0.05, 0) is 49.2 Å². The number of hydrogen-bond donors (Lipinski definition) is 1. The number of hydrogen-bond acceptors (Lipinski definition) is 7. The summed E-state index contributed by atoms with van der Waals surface area (Å²) < 4.78 is 12.8. The molecule has 0 atom stereocenters. The van der Waals surface area contributed by atoms with Gasteiger partial charge in [0.05, 0.1) is 26.1 Å². The van der Waals surface area contributed by atoms with Crippen LogP contribution in [0.4, 0.5) is 0 Å². The third kappa shape index (κ3) is 6.62. The Kier molecular flexibility index (Phi) is 8.79. The maximum atomic E-state index is 12.7. The zero-order valence-electron chi connectivity index (χ0n) is 20.6. The van der Waals surface area contributed by atoms with Crippen molar-refractivity contribution in [3.63, 3.8) is 0 Å². The maximum Gasteiger partial charge on any atom is 0.230 e. The summed E-state index contributed by atoms with van der Waals surface area (Å²) in [5.74, 6) is 1.82. The number of carbonyl (C=O) groups excluding carboxylic acids is 1. The van der Waals surface area contributed by atoms with E-state index in [0.29, 0.717) is 6.54 Å². The summed E-state index contributed by atoms with van der Waals surface area (Å²) in [4.78, 5) is 15.1. The fourth-order valence-corrected chi connectivity index (χ4v) is 4.93. The third-order valence-corrected chi connectivity index (χ3v) is 6.90. The van der Waals surface area contributed by atoms with Crippen LogP contribution < -0.4 is 10.1 Å². The summed E-state index contributed by atoms with van der Waals surface area (Å²) >= 11 is 1.40. The van der Waals surface area contributed by atoms with Crippen LogP contribution in [0.3, 0.4) is 0 Å². The first-order valence-corrected chi connectivity index (χ1v) is 12.9. The van der Waals surface area contributed by atoms with E-state index in [1.807, 2.05) is 30.3 Å². The first-order valence-electron chi connectivity index (χ1n) is 11.9. The highest BCUT2D eigenvalue weighted by Gasteiger charge is 2.18.